The largest absolute Gasteiger partial charge is 0.461 e. The molecule has 0 aromatic carbocycles. The van der Waals surface area contributed by atoms with Gasteiger partial charge in [0.15, 0.2) is 5.71 Å². The van der Waals surface area contributed by atoms with Crippen LogP contribution in [0.1, 0.15) is 12.5 Å². The molecule has 0 aliphatic carbocycles. The van der Waals surface area contributed by atoms with Crippen LogP contribution in [0.5, 0.6) is 0 Å². The number of halogens is 2. The molecule has 7 heteroatoms. The van der Waals surface area contributed by atoms with E-state index in [9.17, 15) is 4.79 Å². The minimum absolute atomic E-state index is 0.188. The molecule has 0 fully saturated rings. The zero-order valence-corrected chi connectivity index (χ0v) is 9.99. The van der Waals surface area contributed by atoms with E-state index >= 15 is 0 Å². The first-order valence-corrected chi connectivity index (χ1v) is 5.51. The zero-order valence-electron chi connectivity index (χ0n) is 7.66. The van der Waals surface area contributed by atoms with Gasteiger partial charge in [0, 0.05) is 5.56 Å². The summed E-state index contributed by atoms with van der Waals surface area (Å²) in [6, 6.07) is 1.44. The maximum absolute atomic E-state index is 11.3. The maximum Gasteiger partial charge on any atom is 0.361 e. The summed E-state index contributed by atoms with van der Waals surface area (Å²) < 4.78 is 5.37. The predicted octanol–water partition coefficient (Wildman–Crippen LogP) is 2.80. The average Bonchev–Trinajstić information content (AvgIpc) is 2.47. The number of thiophene rings is 1. The van der Waals surface area contributed by atoms with Crippen LogP contribution in [0.4, 0.5) is 0 Å². The molecule has 0 aliphatic heterocycles. The highest BCUT2D eigenvalue weighted by Crippen LogP contribution is 2.31. The number of carbonyl (C=O) groups excluding carboxylic acids is 1. The third-order valence-corrected chi connectivity index (χ3v) is 2.97. The molecule has 1 N–H and O–H groups in total. The smallest absolute Gasteiger partial charge is 0.361 e. The van der Waals surface area contributed by atoms with Gasteiger partial charge < -0.3 is 9.94 Å². The molecule has 0 unspecified atom stereocenters. The molecule has 1 aromatic heterocycles. The molecule has 4 nitrogen and oxygen atoms in total. The number of rotatable bonds is 3. The Morgan fingerprint density at radius 2 is 2.33 bits per heavy atom. The summed E-state index contributed by atoms with van der Waals surface area (Å²) in [6.45, 7) is 1.84. The molecule has 0 bridgehead atoms. The summed E-state index contributed by atoms with van der Waals surface area (Å²) in [5.41, 5.74) is 0.0256. The number of nitrogens with zero attached hydrogens (tertiary/aromatic N) is 1. The van der Waals surface area contributed by atoms with E-state index in [1.807, 2.05) is 0 Å². The fourth-order valence-electron chi connectivity index (χ4n) is 0.906. The van der Waals surface area contributed by atoms with Crippen molar-refractivity contribution in [2.45, 2.75) is 6.92 Å². The van der Waals surface area contributed by atoms with E-state index in [0.717, 1.165) is 11.3 Å². The lowest BCUT2D eigenvalue weighted by molar-refractivity contribution is -0.135. The molecular weight excluding hydrogens is 261 g/mol. The van der Waals surface area contributed by atoms with Crippen LogP contribution < -0.4 is 0 Å². The highest BCUT2D eigenvalue weighted by molar-refractivity contribution is 7.20. The Morgan fingerprint density at radius 3 is 2.73 bits per heavy atom. The van der Waals surface area contributed by atoms with Crippen LogP contribution in [0.25, 0.3) is 0 Å². The number of carbonyl (C=O) groups is 1. The second kappa shape index (κ2) is 5.34. The standard InChI is InChI=1S/C8H7Cl2NO3S/c1-2-14-8(12)6(11-13)4-3-5(9)15-7(4)10/h3,13H,2H2,1H3/b11-6-. The second-order valence-corrected chi connectivity index (χ2v) is 4.69. The molecule has 0 amide bonds. The Balaban J connectivity index is 3.03. The van der Waals surface area contributed by atoms with Crippen LogP contribution in [0, 0.1) is 0 Å². The van der Waals surface area contributed by atoms with Gasteiger partial charge in [-0.15, -0.1) is 11.3 Å². The van der Waals surface area contributed by atoms with Crippen LogP contribution in [-0.2, 0) is 9.53 Å². The topological polar surface area (TPSA) is 58.9 Å². The first kappa shape index (κ1) is 12.3. The lowest BCUT2D eigenvalue weighted by atomic mass is 10.2. The van der Waals surface area contributed by atoms with Gasteiger partial charge in [0.25, 0.3) is 0 Å². The van der Waals surface area contributed by atoms with Crippen LogP contribution in [0.3, 0.4) is 0 Å². The van der Waals surface area contributed by atoms with Crippen LogP contribution in [0.15, 0.2) is 11.2 Å². The second-order valence-electron chi connectivity index (χ2n) is 2.41. The van der Waals surface area contributed by atoms with Gasteiger partial charge in [-0.3, -0.25) is 0 Å². The van der Waals surface area contributed by atoms with Gasteiger partial charge >= 0.3 is 5.97 Å². The van der Waals surface area contributed by atoms with Gasteiger partial charge in [0.05, 0.1) is 10.9 Å². The minimum atomic E-state index is -0.739. The molecule has 1 heterocycles. The molecule has 0 atom stereocenters. The number of ether oxygens (including phenoxy) is 1. The molecule has 15 heavy (non-hydrogen) atoms. The van der Waals surface area contributed by atoms with Crippen molar-refractivity contribution in [3.63, 3.8) is 0 Å². The summed E-state index contributed by atoms with van der Waals surface area (Å²) in [7, 11) is 0. The van der Waals surface area contributed by atoms with E-state index in [4.69, 9.17) is 28.4 Å². The third-order valence-electron chi connectivity index (χ3n) is 1.48. The van der Waals surface area contributed by atoms with Crippen LogP contribution in [-0.4, -0.2) is 23.5 Å². The molecule has 0 radical (unpaired) electrons. The van der Waals surface area contributed by atoms with E-state index in [0.29, 0.717) is 4.34 Å². The summed E-state index contributed by atoms with van der Waals surface area (Å²) in [5, 5.41) is 11.6. The highest BCUT2D eigenvalue weighted by atomic mass is 35.5. The van der Waals surface area contributed by atoms with Gasteiger partial charge in [-0.05, 0) is 13.0 Å². The molecular formula is C8H7Cl2NO3S. The SMILES string of the molecule is CCOC(=O)/C(=N\O)c1cc(Cl)sc1Cl. The molecule has 82 valence electrons. The number of hydrogen-bond acceptors (Lipinski definition) is 5. The van der Waals surface area contributed by atoms with Crippen LogP contribution >= 0.6 is 34.5 Å². The van der Waals surface area contributed by atoms with Crippen molar-refractivity contribution in [2.75, 3.05) is 6.61 Å². The first-order chi connectivity index (χ1) is 7.10. The van der Waals surface area contributed by atoms with Gasteiger partial charge in [-0.2, -0.15) is 0 Å². The number of esters is 1. The van der Waals surface area contributed by atoms with Crippen molar-refractivity contribution in [3.05, 3.63) is 20.3 Å². The van der Waals surface area contributed by atoms with Gasteiger partial charge in [-0.1, -0.05) is 28.4 Å². The van der Waals surface area contributed by atoms with Crippen molar-refractivity contribution in [1.29, 1.82) is 0 Å². The summed E-state index contributed by atoms with van der Waals surface area (Å²) in [4.78, 5) is 11.3. The van der Waals surface area contributed by atoms with Crippen molar-refractivity contribution in [2.24, 2.45) is 5.16 Å². The summed E-state index contributed by atoms with van der Waals surface area (Å²) >= 11 is 12.6. The molecule has 0 saturated carbocycles. The molecule has 1 rings (SSSR count). The summed E-state index contributed by atoms with van der Waals surface area (Å²) in [6.07, 6.45) is 0. The minimum Gasteiger partial charge on any atom is -0.461 e. The Bertz CT molecular complexity index is 403. The maximum atomic E-state index is 11.3. The summed E-state index contributed by atoms with van der Waals surface area (Å²) in [5.74, 6) is -0.739. The fraction of sp³-hybridized carbons (Fsp3) is 0.250. The van der Waals surface area contributed by atoms with Crippen LogP contribution in [0.2, 0.25) is 8.67 Å². The predicted molar refractivity (Wildman–Crippen MR) is 59.3 cm³/mol. The van der Waals surface area contributed by atoms with Crippen molar-refractivity contribution >= 4 is 46.2 Å². The average molecular weight is 268 g/mol. The van der Waals surface area contributed by atoms with E-state index in [1.165, 1.54) is 6.07 Å². The van der Waals surface area contributed by atoms with Gasteiger partial charge in [0.1, 0.15) is 4.34 Å². The Kier molecular flexibility index (Phi) is 4.38. The normalized spacial score (nSPS) is 11.5. The van der Waals surface area contributed by atoms with E-state index in [2.05, 4.69) is 9.89 Å². The van der Waals surface area contributed by atoms with E-state index < -0.39 is 5.97 Å². The monoisotopic (exact) mass is 267 g/mol. The van der Waals surface area contributed by atoms with Crippen molar-refractivity contribution < 1.29 is 14.7 Å². The third kappa shape index (κ3) is 2.84. The van der Waals surface area contributed by atoms with Crippen molar-refractivity contribution in [1.82, 2.24) is 0 Å². The van der Waals surface area contributed by atoms with Crippen molar-refractivity contribution in [3.8, 4) is 0 Å². The van der Waals surface area contributed by atoms with Gasteiger partial charge in [0.2, 0.25) is 0 Å². The lowest BCUT2D eigenvalue weighted by Gasteiger charge is -2.01. The lowest BCUT2D eigenvalue weighted by Crippen LogP contribution is -2.18. The number of hydrogen-bond donors (Lipinski definition) is 1. The first-order valence-electron chi connectivity index (χ1n) is 3.94. The zero-order chi connectivity index (χ0) is 11.4. The molecule has 0 spiro atoms. The molecule has 0 saturated heterocycles. The van der Waals surface area contributed by atoms with Gasteiger partial charge in [-0.25, -0.2) is 4.79 Å². The van der Waals surface area contributed by atoms with E-state index in [1.54, 1.807) is 6.92 Å². The quantitative estimate of drug-likeness (QED) is 0.397. The highest BCUT2D eigenvalue weighted by Gasteiger charge is 2.21. The Morgan fingerprint density at radius 1 is 1.67 bits per heavy atom. The van der Waals surface area contributed by atoms with E-state index in [-0.39, 0.29) is 22.2 Å². The molecule has 1 aromatic rings. The Hall–Kier alpha value is -0.780. The molecule has 0 aliphatic rings. The number of oxime groups is 1. The fourth-order valence-corrected chi connectivity index (χ4v) is 2.37. The Labute approximate surface area is 100 Å².